The average Bonchev–Trinajstić information content (AvgIpc) is 3.21. The maximum absolute atomic E-state index is 12.6. The lowest BCUT2D eigenvalue weighted by Gasteiger charge is -2.32. The summed E-state index contributed by atoms with van der Waals surface area (Å²) in [5.74, 6) is 1.31. The standard InChI is InChI=1S/C21H24N2O4/c1-26-19-7-3-2-5-16(19)15-21(25)23-12-10-17(11-13-23)22-20(24)9-8-18-6-4-14-27-18/h2-9,14,17H,10-13,15H2,1H3,(H,22,24)/b9-8+. The van der Waals surface area contributed by atoms with Gasteiger partial charge in [-0.1, -0.05) is 18.2 Å². The molecular weight excluding hydrogens is 344 g/mol. The van der Waals surface area contributed by atoms with Gasteiger partial charge in [-0.2, -0.15) is 0 Å². The summed E-state index contributed by atoms with van der Waals surface area (Å²) in [4.78, 5) is 26.4. The van der Waals surface area contributed by atoms with E-state index in [4.69, 9.17) is 9.15 Å². The Kier molecular flexibility index (Phi) is 6.30. The van der Waals surface area contributed by atoms with E-state index in [0.29, 0.717) is 25.3 Å². The van der Waals surface area contributed by atoms with E-state index in [9.17, 15) is 9.59 Å². The number of para-hydroxylation sites is 1. The van der Waals surface area contributed by atoms with Gasteiger partial charge < -0.3 is 19.4 Å². The van der Waals surface area contributed by atoms with Crippen LogP contribution >= 0.6 is 0 Å². The van der Waals surface area contributed by atoms with Gasteiger partial charge in [0.2, 0.25) is 11.8 Å². The number of carbonyl (C=O) groups is 2. The number of methoxy groups -OCH3 is 1. The number of ether oxygens (including phenoxy) is 1. The molecule has 1 aliphatic heterocycles. The molecule has 0 bridgehead atoms. The number of carbonyl (C=O) groups excluding carboxylic acids is 2. The van der Waals surface area contributed by atoms with Gasteiger partial charge in [0.15, 0.2) is 0 Å². The van der Waals surface area contributed by atoms with Crippen LogP contribution in [-0.4, -0.2) is 43.0 Å². The van der Waals surface area contributed by atoms with Gasteiger partial charge in [0.25, 0.3) is 0 Å². The molecule has 0 aliphatic carbocycles. The summed E-state index contributed by atoms with van der Waals surface area (Å²) in [5, 5.41) is 2.98. The normalized spacial score (nSPS) is 15.1. The number of benzene rings is 1. The summed E-state index contributed by atoms with van der Waals surface area (Å²) in [6.45, 7) is 1.28. The van der Waals surface area contributed by atoms with E-state index in [2.05, 4.69) is 5.32 Å². The van der Waals surface area contributed by atoms with E-state index >= 15 is 0 Å². The smallest absolute Gasteiger partial charge is 0.244 e. The van der Waals surface area contributed by atoms with Gasteiger partial charge in [0.1, 0.15) is 11.5 Å². The quantitative estimate of drug-likeness (QED) is 0.796. The zero-order valence-electron chi connectivity index (χ0n) is 15.4. The molecule has 2 heterocycles. The van der Waals surface area contributed by atoms with Gasteiger partial charge in [-0.15, -0.1) is 0 Å². The number of likely N-dealkylation sites (tertiary alicyclic amines) is 1. The van der Waals surface area contributed by atoms with E-state index in [0.717, 1.165) is 24.2 Å². The van der Waals surface area contributed by atoms with E-state index in [1.807, 2.05) is 29.2 Å². The van der Waals surface area contributed by atoms with Crippen LogP contribution in [0.15, 0.2) is 53.2 Å². The van der Waals surface area contributed by atoms with Crippen molar-refractivity contribution in [3.8, 4) is 5.75 Å². The number of hydrogen-bond acceptors (Lipinski definition) is 4. The monoisotopic (exact) mass is 368 g/mol. The molecular formula is C21H24N2O4. The molecule has 1 aromatic heterocycles. The molecule has 1 fully saturated rings. The Morgan fingerprint density at radius 1 is 1.22 bits per heavy atom. The zero-order chi connectivity index (χ0) is 19.1. The molecule has 0 unspecified atom stereocenters. The third kappa shape index (κ3) is 5.23. The Morgan fingerprint density at radius 3 is 2.70 bits per heavy atom. The van der Waals surface area contributed by atoms with Crippen LogP contribution in [0.1, 0.15) is 24.2 Å². The molecule has 0 spiro atoms. The highest BCUT2D eigenvalue weighted by atomic mass is 16.5. The van der Waals surface area contributed by atoms with Crippen LogP contribution in [0.5, 0.6) is 5.75 Å². The molecule has 3 rings (SSSR count). The number of hydrogen-bond donors (Lipinski definition) is 1. The van der Waals surface area contributed by atoms with E-state index in [1.54, 1.807) is 31.6 Å². The molecule has 1 aliphatic rings. The number of furan rings is 1. The van der Waals surface area contributed by atoms with Crippen LogP contribution in [0.4, 0.5) is 0 Å². The summed E-state index contributed by atoms with van der Waals surface area (Å²) in [6, 6.07) is 11.2. The Balaban J connectivity index is 1.45. The van der Waals surface area contributed by atoms with Crippen LogP contribution in [0, 0.1) is 0 Å². The first-order valence-electron chi connectivity index (χ1n) is 9.07. The third-order valence-corrected chi connectivity index (χ3v) is 4.67. The molecule has 6 heteroatoms. The lowest BCUT2D eigenvalue weighted by Crippen LogP contribution is -2.46. The Bertz CT molecular complexity index is 790. The molecule has 0 radical (unpaired) electrons. The molecule has 1 N–H and O–H groups in total. The summed E-state index contributed by atoms with van der Waals surface area (Å²) < 4.78 is 10.5. The minimum absolute atomic E-state index is 0.0778. The second-order valence-corrected chi connectivity index (χ2v) is 6.50. The maximum Gasteiger partial charge on any atom is 0.244 e. The number of nitrogens with one attached hydrogen (secondary N) is 1. The van der Waals surface area contributed by atoms with E-state index < -0.39 is 0 Å². The van der Waals surface area contributed by atoms with Crippen molar-refractivity contribution in [3.63, 3.8) is 0 Å². The summed E-state index contributed by atoms with van der Waals surface area (Å²) in [6.07, 6.45) is 6.50. The molecule has 2 amide bonds. The fourth-order valence-corrected chi connectivity index (χ4v) is 3.19. The summed E-state index contributed by atoms with van der Waals surface area (Å²) in [7, 11) is 1.61. The molecule has 1 aromatic carbocycles. The zero-order valence-corrected chi connectivity index (χ0v) is 15.4. The highest BCUT2D eigenvalue weighted by Crippen LogP contribution is 2.20. The number of piperidine rings is 1. The van der Waals surface area contributed by atoms with Gasteiger partial charge in [0.05, 0.1) is 19.8 Å². The first kappa shape index (κ1) is 18.8. The van der Waals surface area contributed by atoms with Crippen molar-refractivity contribution in [2.24, 2.45) is 0 Å². The van der Waals surface area contributed by atoms with Crippen LogP contribution in [0.25, 0.3) is 6.08 Å². The first-order chi connectivity index (χ1) is 13.2. The number of rotatable bonds is 6. The second kappa shape index (κ2) is 9.07. The fourth-order valence-electron chi connectivity index (χ4n) is 3.19. The van der Waals surface area contributed by atoms with Gasteiger partial charge in [0, 0.05) is 30.8 Å². The molecule has 142 valence electrons. The van der Waals surface area contributed by atoms with Gasteiger partial charge in [-0.25, -0.2) is 0 Å². The van der Waals surface area contributed by atoms with Gasteiger partial charge >= 0.3 is 0 Å². The maximum atomic E-state index is 12.6. The Labute approximate surface area is 158 Å². The van der Waals surface area contributed by atoms with E-state index in [-0.39, 0.29) is 17.9 Å². The predicted octanol–water partition coefficient (Wildman–Crippen LogP) is 2.65. The lowest BCUT2D eigenvalue weighted by atomic mass is 10.0. The Hall–Kier alpha value is -3.02. The van der Waals surface area contributed by atoms with Crippen molar-refractivity contribution in [2.45, 2.75) is 25.3 Å². The molecule has 2 aromatic rings. The summed E-state index contributed by atoms with van der Waals surface area (Å²) in [5.41, 5.74) is 0.892. The molecule has 0 saturated carbocycles. The molecule has 0 atom stereocenters. The van der Waals surface area contributed by atoms with Crippen molar-refractivity contribution in [1.29, 1.82) is 0 Å². The fraction of sp³-hybridized carbons (Fsp3) is 0.333. The minimum atomic E-state index is -0.148. The summed E-state index contributed by atoms with van der Waals surface area (Å²) >= 11 is 0. The number of nitrogens with zero attached hydrogens (tertiary/aromatic N) is 1. The second-order valence-electron chi connectivity index (χ2n) is 6.50. The molecule has 27 heavy (non-hydrogen) atoms. The lowest BCUT2D eigenvalue weighted by molar-refractivity contribution is -0.131. The van der Waals surface area contributed by atoms with Crippen LogP contribution in [0.2, 0.25) is 0 Å². The average molecular weight is 368 g/mol. The van der Waals surface area contributed by atoms with Crippen LogP contribution < -0.4 is 10.1 Å². The van der Waals surface area contributed by atoms with Gasteiger partial charge in [-0.05, 0) is 37.1 Å². The molecule has 6 nitrogen and oxygen atoms in total. The van der Waals surface area contributed by atoms with Crippen molar-refractivity contribution in [1.82, 2.24) is 10.2 Å². The van der Waals surface area contributed by atoms with Crippen LogP contribution in [-0.2, 0) is 16.0 Å². The van der Waals surface area contributed by atoms with Crippen LogP contribution in [0.3, 0.4) is 0 Å². The first-order valence-corrected chi connectivity index (χ1v) is 9.07. The van der Waals surface area contributed by atoms with Crippen molar-refractivity contribution in [2.75, 3.05) is 20.2 Å². The van der Waals surface area contributed by atoms with E-state index in [1.165, 1.54) is 6.08 Å². The third-order valence-electron chi connectivity index (χ3n) is 4.67. The van der Waals surface area contributed by atoms with Crippen molar-refractivity contribution >= 4 is 17.9 Å². The molecule has 1 saturated heterocycles. The minimum Gasteiger partial charge on any atom is -0.496 e. The topological polar surface area (TPSA) is 71.8 Å². The Morgan fingerprint density at radius 2 is 2.00 bits per heavy atom. The largest absolute Gasteiger partial charge is 0.496 e. The highest BCUT2D eigenvalue weighted by molar-refractivity contribution is 5.91. The highest BCUT2D eigenvalue weighted by Gasteiger charge is 2.24. The van der Waals surface area contributed by atoms with Crippen molar-refractivity contribution in [3.05, 3.63) is 60.1 Å². The SMILES string of the molecule is COc1ccccc1CC(=O)N1CCC(NC(=O)/C=C/c2ccco2)CC1. The van der Waals surface area contributed by atoms with Gasteiger partial charge in [-0.3, -0.25) is 9.59 Å². The van der Waals surface area contributed by atoms with Crippen molar-refractivity contribution < 1.29 is 18.7 Å². The number of amides is 2. The predicted molar refractivity (Wildman–Crippen MR) is 102 cm³/mol.